The third-order valence-corrected chi connectivity index (χ3v) is 3.85. The summed E-state index contributed by atoms with van der Waals surface area (Å²) in [7, 11) is 0. The fourth-order valence-electron chi connectivity index (χ4n) is 1.66. The van der Waals surface area contributed by atoms with Crippen LogP contribution in [0.5, 0.6) is 0 Å². The van der Waals surface area contributed by atoms with Crippen LogP contribution in [0, 0.1) is 0 Å². The van der Waals surface area contributed by atoms with Crippen molar-refractivity contribution in [3.63, 3.8) is 0 Å². The highest BCUT2D eigenvalue weighted by Crippen LogP contribution is 2.25. The summed E-state index contributed by atoms with van der Waals surface area (Å²) in [5.41, 5.74) is 8.20. The molecule has 0 aliphatic carbocycles. The molecule has 98 valence electrons. The van der Waals surface area contributed by atoms with Crippen molar-refractivity contribution in [2.45, 2.75) is 4.90 Å². The first-order chi connectivity index (χ1) is 9.10. The van der Waals surface area contributed by atoms with Crippen molar-refractivity contribution in [3.05, 3.63) is 53.1 Å². The first-order valence-corrected chi connectivity index (χ1v) is 7.61. The number of nitrogens with two attached hydrogens (primary N) is 1. The minimum Gasteiger partial charge on any atom is -0.389 e. The van der Waals surface area contributed by atoms with E-state index in [-0.39, 0.29) is 0 Å². The lowest BCUT2D eigenvalue weighted by molar-refractivity contribution is 1.44. The number of halogens is 1. The Bertz CT molecular complexity index is 614. The van der Waals surface area contributed by atoms with Crippen LogP contribution in [0.4, 0.5) is 11.4 Å². The second-order valence-electron chi connectivity index (χ2n) is 3.92. The fourth-order valence-corrected chi connectivity index (χ4v) is 2.64. The molecule has 0 saturated heterocycles. The van der Waals surface area contributed by atoms with Crippen LogP contribution in [0.2, 0.25) is 5.02 Å². The van der Waals surface area contributed by atoms with Crippen LogP contribution in [0.3, 0.4) is 0 Å². The molecule has 19 heavy (non-hydrogen) atoms. The molecule has 0 saturated carbocycles. The number of rotatable bonds is 4. The van der Waals surface area contributed by atoms with Crippen molar-refractivity contribution in [2.75, 3.05) is 11.6 Å². The zero-order valence-corrected chi connectivity index (χ0v) is 12.7. The molecular formula is C14H13ClN2S2. The second kappa shape index (κ2) is 6.28. The monoisotopic (exact) mass is 308 g/mol. The molecule has 0 radical (unpaired) electrons. The largest absolute Gasteiger partial charge is 0.389 e. The average molecular weight is 309 g/mol. The lowest BCUT2D eigenvalue weighted by Crippen LogP contribution is -2.09. The van der Waals surface area contributed by atoms with E-state index in [1.165, 1.54) is 4.90 Å². The molecule has 0 amide bonds. The maximum Gasteiger partial charge on any atom is 0.105 e. The van der Waals surface area contributed by atoms with Gasteiger partial charge in [-0.15, -0.1) is 11.8 Å². The van der Waals surface area contributed by atoms with E-state index in [1.807, 2.05) is 36.6 Å². The van der Waals surface area contributed by atoms with Crippen LogP contribution in [0.15, 0.2) is 47.4 Å². The van der Waals surface area contributed by atoms with Gasteiger partial charge >= 0.3 is 0 Å². The van der Waals surface area contributed by atoms with Gasteiger partial charge in [0.05, 0.1) is 5.02 Å². The molecule has 2 aromatic rings. The van der Waals surface area contributed by atoms with Crippen LogP contribution in [-0.2, 0) is 0 Å². The van der Waals surface area contributed by atoms with Gasteiger partial charge in [-0.1, -0.05) is 29.9 Å². The molecule has 0 atom stereocenters. The maximum absolute atomic E-state index is 6.14. The third kappa shape index (κ3) is 3.62. The zero-order chi connectivity index (χ0) is 13.8. The number of hydrogen-bond donors (Lipinski definition) is 2. The summed E-state index contributed by atoms with van der Waals surface area (Å²) in [6.07, 6.45) is 2.05. The van der Waals surface area contributed by atoms with Crippen LogP contribution >= 0.6 is 35.6 Å². The Kier molecular flexibility index (Phi) is 4.69. The minimum absolute atomic E-state index is 0.306. The molecule has 2 rings (SSSR count). The van der Waals surface area contributed by atoms with Crippen LogP contribution in [-0.4, -0.2) is 11.2 Å². The fraction of sp³-hybridized carbons (Fsp3) is 0.0714. The lowest BCUT2D eigenvalue weighted by atomic mass is 10.2. The van der Waals surface area contributed by atoms with Gasteiger partial charge in [0.15, 0.2) is 0 Å². The lowest BCUT2D eigenvalue weighted by Gasteiger charge is -2.09. The summed E-state index contributed by atoms with van der Waals surface area (Å²) in [6.45, 7) is 0. The Hall–Kier alpha value is -1.23. The molecule has 0 aliphatic heterocycles. The van der Waals surface area contributed by atoms with E-state index in [0.29, 0.717) is 15.6 Å². The molecule has 0 bridgehead atoms. The van der Waals surface area contributed by atoms with E-state index in [1.54, 1.807) is 11.8 Å². The SMILES string of the molecule is CSc1cccc(Nc2ccc(C(N)=S)c(Cl)c2)c1. The van der Waals surface area contributed by atoms with Gasteiger partial charge in [-0.3, -0.25) is 0 Å². The van der Waals surface area contributed by atoms with Crippen molar-refractivity contribution in [1.82, 2.24) is 0 Å². The van der Waals surface area contributed by atoms with Gasteiger partial charge in [0.1, 0.15) is 4.99 Å². The molecular weight excluding hydrogens is 296 g/mol. The molecule has 0 spiro atoms. The van der Waals surface area contributed by atoms with E-state index in [9.17, 15) is 0 Å². The highest BCUT2D eigenvalue weighted by Gasteiger charge is 2.04. The molecule has 0 fully saturated rings. The molecule has 2 nitrogen and oxygen atoms in total. The van der Waals surface area contributed by atoms with Crippen molar-refractivity contribution in [3.8, 4) is 0 Å². The summed E-state index contributed by atoms with van der Waals surface area (Å²) in [4.78, 5) is 1.51. The number of nitrogens with one attached hydrogen (secondary N) is 1. The molecule has 5 heteroatoms. The summed E-state index contributed by atoms with van der Waals surface area (Å²) in [6, 6.07) is 13.7. The first-order valence-electron chi connectivity index (χ1n) is 5.60. The number of hydrogen-bond acceptors (Lipinski definition) is 3. The number of thioether (sulfide) groups is 1. The van der Waals surface area contributed by atoms with Gasteiger partial charge in [0.2, 0.25) is 0 Å². The smallest absolute Gasteiger partial charge is 0.105 e. The molecule has 2 aromatic carbocycles. The highest BCUT2D eigenvalue weighted by molar-refractivity contribution is 7.98. The Morgan fingerprint density at radius 2 is 1.95 bits per heavy atom. The standard InChI is InChI=1S/C14H13ClN2S2/c1-19-11-4-2-3-9(7-11)17-10-5-6-12(14(16)18)13(15)8-10/h2-8,17H,1H3,(H2,16,18). The van der Waals surface area contributed by atoms with Crippen LogP contribution < -0.4 is 11.1 Å². The number of anilines is 2. The number of benzene rings is 2. The Morgan fingerprint density at radius 1 is 1.21 bits per heavy atom. The molecule has 0 unspecified atom stereocenters. The maximum atomic E-state index is 6.14. The Labute approximate surface area is 127 Å². The van der Waals surface area contributed by atoms with E-state index in [2.05, 4.69) is 17.4 Å². The predicted molar refractivity (Wildman–Crippen MR) is 88.8 cm³/mol. The summed E-state index contributed by atoms with van der Waals surface area (Å²) >= 11 is 12.8. The third-order valence-electron chi connectivity index (χ3n) is 2.59. The van der Waals surface area contributed by atoms with E-state index in [0.717, 1.165) is 11.4 Å². The molecule has 0 aromatic heterocycles. The normalized spacial score (nSPS) is 10.2. The predicted octanol–water partition coefficient (Wildman–Crippen LogP) is 4.44. The van der Waals surface area contributed by atoms with Crippen LogP contribution in [0.25, 0.3) is 0 Å². The van der Waals surface area contributed by atoms with Crippen molar-refractivity contribution >= 4 is 51.9 Å². The molecule has 0 aliphatic rings. The van der Waals surface area contributed by atoms with Gasteiger partial charge in [0.25, 0.3) is 0 Å². The molecule has 0 heterocycles. The number of thiocarbonyl (C=S) groups is 1. The van der Waals surface area contributed by atoms with E-state index < -0.39 is 0 Å². The zero-order valence-electron chi connectivity index (χ0n) is 10.3. The summed E-state index contributed by atoms with van der Waals surface area (Å²) in [5, 5.41) is 3.86. The van der Waals surface area contributed by atoms with E-state index >= 15 is 0 Å². The van der Waals surface area contributed by atoms with Gasteiger partial charge in [0, 0.05) is 21.8 Å². The van der Waals surface area contributed by atoms with Gasteiger partial charge < -0.3 is 11.1 Å². The topological polar surface area (TPSA) is 38.0 Å². The van der Waals surface area contributed by atoms with Crippen LogP contribution in [0.1, 0.15) is 5.56 Å². The van der Waals surface area contributed by atoms with Crippen molar-refractivity contribution < 1.29 is 0 Å². The summed E-state index contributed by atoms with van der Waals surface area (Å²) < 4.78 is 0. The summed E-state index contributed by atoms with van der Waals surface area (Å²) in [5.74, 6) is 0. The van der Waals surface area contributed by atoms with Gasteiger partial charge in [-0.05, 0) is 42.7 Å². The molecule has 3 N–H and O–H groups in total. The quantitative estimate of drug-likeness (QED) is 0.647. The highest BCUT2D eigenvalue weighted by atomic mass is 35.5. The second-order valence-corrected chi connectivity index (χ2v) is 5.64. The average Bonchev–Trinajstić information content (AvgIpc) is 2.38. The van der Waals surface area contributed by atoms with Gasteiger partial charge in [-0.2, -0.15) is 0 Å². The Balaban J connectivity index is 2.23. The van der Waals surface area contributed by atoms with Crippen molar-refractivity contribution in [1.29, 1.82) is 0 Å². The first kappa shape index (κ1) is 14.2. The van der Waals surface area contributed by atoms with E-state index in [4.69, 9.17) is 29.6 Å². The van der Waals surface area contributed by atoms with Gasteiger partial charge in [-0.25, -0.2) is 0 Å². The Morgan fingerprint density at radius 3 is 2.58 bits per heavy atom. The van der Waals surface area contributed by atoms with Crippen molar-refractivity contribution in [2.24, 2.45) is 5.73 Å². The minimum atomic E-state index is 0.306.